The number of amides is 2. The molecular weight excluding hydrogens is 376 g/mol. The highest BCUT2D eigenvalue weighted by Gasteiger charge is 2.58. The molecule has 0 unspecified atom stereocenters. The van der Waals surface area contributed by atoms with Crippen LogP contribution in [0.15, 0.2) is 30.3 Å². The van der Waals surface area contributed by atoms with Crippen LogP contribution >= 0.6 is 0 Å². The van der Waals surface area contributed by atoms with Crippen molar-refractivity contribution in [1.29, 1.82) is 0 Å². The van der Waals surface area contributed by atoms with Gasteiger partial charge in [-0.3, -0.25) is 9.69 Å². The molecule has 1 aromatic rings. The molecule has 0 saturated carbocycles. The van der Waals surface area contributed by atoms with Crippen LogP contribution in [0.3, 0.4) is 0 Å². The zero-order valence-electron chi connectivity index (χ0n) is 16.8. The molecule has 0 aromatic heterocycles. The van der Waals surface area contributed by atoms with E-state index >= 15 is 0 Å². The standard InChI is InChI=1S/C21H26N2O6/c1-19-12-27-21(28-13-19,29-14-19)11-22-9-8-20(2,17(22)24)23-16(10-26-18(23)25)15-6-4-3-5-7-15/h3-7,16H,8-14H2,1-2H3/t16-,19?,20+,21?/m1/s1. The van der Waals surface area contributed by atoms with Gasteiger partial charge in [-0.2, -0.15) is 0 Å². The van der Waals surface area contributed by atoms with Crippen molar-refractivity contribution in [2.24, 2.45) is 5.41 Å². The minimum Gasteiger partial charge on any atom is -0.447 e. The van der Waals surface area contributed by atoms with Crippen LogP contribution in [0.1, 0.15) is 31.9 Å². The Morgan fingerprint density at radius 1 is 1.03 bits per heavy atom. The summed E-state index contributed by atoms with van der Waals surface area (Å²) in [6.07, 6.45) is 0.0579. The van der Waals surface area contributed by atoms with E-state index in [-0.39, 0.29) is 30.5 Å². The lowest BCUT2D eigenvalue weighted by Gasteiger charge is -2.51. The second kappa shape index (κ2) is 6.42. The fraction of sp³-hybridized carbons (Fsp3) is 0.619. The van der Waals surface area contributed by atoms with Gasteiger partial charge in [0, 0.05) is 12.0 Å². The number of carbonyl (C=O) groups is 2. The number of cyclic esters (lactones) is 1. The molecule has 6 rings (SSSR count). The number of carbonyl (C=O) groups excluding carboxylic acids is 2. The molecule has 0 N–H and O–H groups in total. The first-order valence-corrected chi connectivity index (χ1v) is 10.1. The minimum absolute atomic E-state index is 0.131. The first-order valence-electron chi connectivity index (χ1n) is 10.1. The van der Waals surface area contributed by atoms with Crippen LogP contribution in [0.2, 0.25) is 0 Å². The van der Waals surface area contributed by atoms with Crippen molar-refractivity contribution in [3.63, 3.8) is 0 Å². The summed E-state index contributed by atoms with van der Waals surface area (Å²) in [6, 6.07) is 9.39. The van der Waals surface area contributed by atoms with Crippen LogP contribution in [0, 0.1) is 5.41 Å². The van der Waals surface area contributed by atoms with Crippen LogP contribution in [0.5, 0.6) is 0 Å². The van der Waals surface area contributed by atoms with E-state index in [1.807, 2.05) is 37.3 Å². The molecule has 0 spiro atoms. The van der Waals surface area contributed by atoms with E-state index in [0.29, 0.717) is 32.8 Å². The van der Waals surface area contributed by atoms with Crippen molar-refractivity contribution in [2.75, 3.05) is 39.5 Å². The predicted octanol–water partition coefficient (Wildman–Crippen LogP) is 1.91. The summed E-state index contributed by atoms with van der Waals surface area (Å²) in [4.78, 5) is 29.3. The maximum absolute atomic E-state index is 13.5. The number of fused-ring (bicyclic) bond motifs is 3. The number of nitrogens with zero attached hydrogens (tertiary/aromatic N) is 2. The summed E-state index contributed by atoms with van der Waals surface area (Å²) < 4.78 is 22.9. The van der Waals surface area contributed by atoms with E-state index in [4.69, 9.17) is 18.9 Å². The molecule has 2 amide bonds. The number of ether oxygens (including phenoxy) is 4. The van der Waals surface area contributed by atoms with Gasteiger partial charge in [-0.05, 0) is 18.9 Å². The lowest BCUT2D eigenvalue weighted by atomic mass is 9.92. The molecule has 1 aromatic carbocycles. The number of rotatable bonds is 4. The van der Waals surface area contributed by atoms with Crippen molar-refractivity contribution in [2.45, 2.75) is 37.8 Å². The molecule has 8 nitrogen and oxygen atoms in total. The van der Waals surface area contributed by atoms with Crippen molar-refractivity contribution in [3.05, 3.63) is 35.9 Å². The Kier molecular flexibility index (Phi) is 4.17. The van der Waals surface area contributed by atoms with Gasteiger partial charge in [0.1, 0.15) is 18.7 Å². The lowest BCUT2D eigenvalue weighted by molar-refractivity contribution is -0.466. The second-order valence-corrected chi connectivity index (χ2v) is 8.98. The SMILES string of the molecule is CC12COC(CN3CC[C@](C)(N4C(=O)OC[C@@H]4c4ccccc4)C3=O)(OC1)OC2. The molecule has 5 aliphatic heterocycles. The van der Waals surface area contributed by atoms with E-state index in [2.05, 4.69) is 6.92 Å². The third kappa shape index (κ3) is 2.93. The molecule has 5 fully saturated rings. The maximum Gasteiger partial charge on any atom is 0.411 e. The van der Waals surface area contributed by atoms with Gasteiger partial charge in [0.25, 0.3) is 0 Å². The Hall–Kier alpha value is -2.16. The molecule has 2 bridgehead atoms. The first kappa shape index (κ1) is 18.8. The van der Waals surface area contributed by atoms with Gasteiger partial charge in [0.2, 0.25) is 5.91 Å². The van der Waals surface area contributed by atoms with Gasteiger partial charge in [0.15, 0.2) is 0 Å². The highest BCUT2D eigenvalue weighted by Crippen LogP contribution is 2.42. The molecule has 5 heterocycles. The lowest BCUT2D eigenvalue weighted by Crippen LogP contribution is -2.63. The van der Waals surface area contributed by atoms with Crippen LogP contribution in [0.25, 0.3) is 0 Å². The summed E-state index contributed by atoms with van der Waals surface area (Å²) in [6.45, 7) is 6.42. The van der Waals surface area contributed by atoms with Gasteiger partial charge in [-0.25, -0.2) is 4.79 Å². The van der Waals surface area contributed by atoms with Gasteiger partial charge < -0.3 is 23.8 Å². The van der Waals surface area contributed by atoms with Gasteiger partial charge in [-0.15, -0.1) is 0 Å². The van der Waals surface area contributed by atoms with E-state index in [0.717, 1.165) is 5.56 Å². The third-order valence-electron chi connectivity index (χ3n) is 6.51. The number of likely N-dealkylation sites (tertiary alicyclic amines) is 1. The van der Waals surface area contributed by atoms with Crippen LogP contribution in [-0.4, -0.2) is 72.8 Å². The molecule has 5 saturated heterocycles. The molecular formula is C21H26N2O6. The number of hydrogen-bond acceptors (Lipinski definition) is 6. The molecule has 0 aliphatic carbocycles. The molecule has 8 heteroatoms. The van der Waals surface area contributed by atoms with Gasteiger partial charge >= 0.3 is 12.1 Å². The molecule has 0 radical (unpaired) electrons. The predicted molar refractivity (Wildman–Crippen MR) is 101 cm³/mol. The van der Waals surface area contributed by atoms with E-state index in [1.54, 1.807) is 9.80 Å². The third-order valence-corrected chi connectivity index (χ3v) is 6.51. The van der Waals surface area contributed by atoms with Crippen molar-refractivity contribution in [3.8, 4) is 0 Å². The summed E-state index contributed by atoms with van der Waals surface area (Å²) in [5.74, 6) is -1.34. The minimum atomic E-state index is -1.21. The fourth-order valence-corrected chi connectivity index (χ4v) is 4.64. The Balaban J connectivity index is 1.36. The monoisotopic (exact) mass is 402 g/mol. The topological polar surface area (TPSA) is 77.5 Å². The molecule has 156 valence electrons. The van der Waals surface area contributed by atoms with Crippen LogP contribution in [0.4, 0.5) is 4.79 Å². The zero-order chi connectivity index (χ0) is 20.3. The van der Waals surface area contributed by atoms with Crippen LogP contribution in [-0.2, 0) is 23.7 Å². The van der Waals surface area contributed by atoms with Crippen molar-refractivity contribution in [1.82, 2.24) is 9.80 Å². The summed E-state index contributed by atoms with van der Waals surface area (Å²) >= 11 is 0. The fourth-order valence-electron chi connectivity index (χ4n) is 4.64. The van der Waals surface area contributed by atoms with Gasteiger partial charge in [0.05, 0.1) is 25.9 Å². The Labute approximate surface area is 169 Å². The average Bonchev–Trinajstić information content (AvgIpc) is 3.26. The highest BCUT2D eigenvalue weighted by molar-refractivity contribution is 5.92. The summed E-state index contributed by atoms with van der Waals surface area (Å²) in [5.41, 5.74) is -0.158. The Bertz CT molecular complexity index is 805. The molecule has 5 aliphatic rings. The van der Waals surface area contributed by atoms with Crippen molar-refractivity contribution >= 4 is 12.0 Å². The summed E-state index contributed by atoms with van der Waals surface area (Å²) in [5, 5.41) is 0. The van der Waals surface area contributed by atoms with E-state index < -0.39 is 17.6 Å². The van der Waals surface area contributed by atoms with Crippen LogP contribution < -0.4 is 0 Å². The second-order valence-electron chi connectivity index (χ2n) is 8.98. The highest BCUT2D eigenvalue weighted by atomic mass is 16.9. The average molecular weight is 402 g/mol. The Morgan fingerprint density at radius 2 is 1.69 bits per heavy atom. The number of hydrogen-bond donors (Lipinski definition) is 0. The smallest absolute Gasteiger partial charge is 0.411 e. The zero-order valence-corrected chi connectivity index (χ0v) is 16.8. The maximum atomic E-state index is 13.5. The Morgan fingerprint density at radius 3 is 2.34 bits per heavy atom. The van der Waals surface area contributed by atoms with Crippen molar-refractivity contribution < 1.29 is 28.5 Å². The van der Waals surface area contributed by atoms with E-state index in [9.17, 15) is 9.59 Å². The molecule has 29 heavy (non-hydrogen) atoms. The van der Waals surface area contributed by atoms with E-state index in [1.165, 1.54) is 0 Å². The molecule has 2 atom stereocenters. The van der Waals surface area contributed by atoms with Gasteiger partial charge in [-0.1, -0.05) is 37.3 Å². The normalized spacial score (nSPS) is 39.3. The number of benzene rings is 1. The summed E-state index contributed by atoms with van der Waals surface area (Å²) in [7, 11) is 0. The largest absolute Gasteiger partial charge is 0.447 e. The quantitative estimate of drug-likeness (QED) is 0.766. The first-order chi connectivity index (χ1) is 13.8.